The molecule has 0 aromatic heterocycles. The fourth-order valence-corrected chi connectivity index (χ4v) is 1.24. The van der Waals surface area contributed by atoms with E-state index in [9.17, 15) is 4.39 Å². The van der Waals surface area contributed by atoms with Gasteiger partial charge >= 0.3 is 0 Å². The molecule has 0 heterocycles. The Morgan fingerprint density at radius 2 is 2.00 bits per heavy atom. The van der Waals surface area contributed by atoms with Crippen molar-refractivity contribution in [3.05, 3.63) is 35.6 Å². The van der Waals surface area contributed by atoms with Gasteiger partial charge in [-0.3, -0.25) is 0 Å². The van der Waals surface area contributed by atoms with Crippen LogP contribution in [-0.4, -0.2) is 10.7 Å². The highest BCUT2D eigenvalue weighted by atomic mass is 127. The van der Waals surface area contributed by atoms with Gasteiger partial charge in [-0.2, -0.15) is 0 Å². The fourth-order valence-electron chi connectivity index (χ4n) is 0.990. The molecular formula is C10H12FIO. The highest BCUT2D eigenvalue weighted by Crippen LogP contribution is 2.06. The quantitative estimate of drug-likeness (QED) is 0.612. The molecule has 1 atom stereocenters. The van der Waals surface area contributed by atoms with Gasteiger partial charge < -0.3 is 4.74 Å². The van der Waals surface area contributed by atoms with E-state index >= 15 is 0 Å². The summed E-state index contributed by atoms with van der Waals surface area (Å²) < 4.78 is 18.1. The van der Waals surface area contributed by atoms with Crippen LogP contribution in [0, 0.1) is 5.82 Å². The summed E-state index contributed by atoms with van der Waals surface area (Å²) in [5.41, 5.74) is 1.11. The van der Waals surface area contributed by atoms with Crippen molar-refractivity contribution in [2.45, 2.75) is 17.5 Å². The van der Waals surface area contributed by atoms with Gasteiger partial charge in [0.25, 0.3) is 0 Å². The van der Waals surface area contributed by atoms with E-state index in [1.165, 1.54) is 12.1 Å². The van der Waals surface area contributed by atoms with Gasteiger partial charge in [0.2, 0.25) is 0 Å². The molecule has 1 unspecified atom stereocenters. The number of benzene rings is 1. The largest absolute Gasteiger partial charge is 0.368 e. The van der Waals surface area contributed by atoms with Gasteiger partial charge in [-0.15, -0.1) is 0 Å². The van der Waals surface area contributed by atoms with Crippen LogP contribution in [0.15, 0.2) is 24.3 Å². The number of halogens is 2. The summed E-state index contributed by atoms with van der Waals surface area (Å²) in [4.78, 5) is 0. The Kier molecular flexibility index (Phi) is 4.66. The summed E-state index contributed by atoms with van der Waals surface area (Å²) in [6.07, 6.45) is 0.841. The Morgan fingerprint density at radius 3 is 2.54 bits per heavy atom. The van der Waals surface area contributed by atoms with Gasteiger partial charge in [-0.1, -0.05) is 34.7 Å². The maximum absolute atomic E-state index is 12.5. The molecule has 0 saturated heterocycles. The van der Waals surface area contributed by atoms with Gasteiger partial charge in [-0.25, -0.2) is 4.39 Å². The van der Waals surface area contributed by atoms with Crippen LogP contribution in [0.3, 0.4) is 0 Å². The first-order valence-corrected chi connectivity index (χ1v) is 5.43. The zero-order valence-electron chi connectivity index (χ0n) is 7.47. The van der Waals surface area contributed by atoms with Crippen LogP contribution < -0.4 is 0 Å². The summed E-state index contributed by atoms with van der Waals surface area (Å²) in [7, 11) is 0. The van der Waals surface area contributed by atoms with Crippen LogP contribution in [0.25, 0.3) is 0 Å². The first-order chi connectivity index (χ1) is 6.18. The van der Waals surface area contributed by atoms with Gasteiger partial charge in [0.05, 0.1) is 6.61 Å². The van der Waals surface area contributed by atoms with Gasteiger partial charge in [0.1, 0.15) is 9.93 Å². The number of rotatable bonds is 4. The lowest BCUT2D eigenvalue weighted by molar-refractivity contribution is 0.137. The third kappa shape index (κ3) is 4.57. The van der Waals surface area contributed by atoms with E-state index in [1.807, 2.05) is 6.92 Å². The second-order valence-corrected chi connectivity index (χ2v) is 4.54. The lowest BCUT2D eigenvalue weighted by Gasteiger charge is -2.05. The molecule has 1 aromatic carbocycles. The summed E-state index contributed by atoms with van der Waals surface area (Å²) in [6.45, 7) is 2.68. The predicted octanol–water partition coefficient (Wildman–Crippen LogP) is 3.17. The van der Waals surface area contributed by atoms with E-state index in [1.54, 1.807) is 12.1 Å². The van der Waals surface area contributed by atoms with Crippen LogP contribution in [-0.2, 0) is 11.2 Å². The highest BCUT2D eigenvalue weighted by molar-refractivity contribution is 14.1. The van der Waals surface area contributed by atoms with Crippen LogP contribution in [0.2, 0.25) is 0 Å². The summed E-state index contributed by atoms with van der Waals surface area (Å²) in [6, 6.07) is 6.53. The lowest BCUT2D eigenvalue weighted by atomic mass is 10.2. The fraction of sp³-hybridized carbons (Fsp3) is 0.400. The topological polar surface area (TPSA) is 9.23 Å². The predicted molar refractivity (Wildman–Crippen MR) is 59.5 cm³/mol. The van der Waals surface area contributed by atoms with Crippen molar-refractivity contribution < 1.29 is 9.13 Å². The van der Waals surface area contributed by atoms with Crippen molar-refractivity contribution in [3.63, 3.8) is 0 Å². The zero-order chi connectivity index (χ0) is 9.68. The monoisotopic (exact) mass is 294 g/mol. The van der Waals surface area contributed by atoms with E-state index in [2.05, 4.69) is 22.6 Å². The molecule has 1 rings (SSSR count). The molecule has 0 saturated carbocycles. The van der Waals surface area contributed by atoms with Crippen LogP contribution in [0.4, 0.5) is 4.39 Å². The molecule has 1 aromatic rings. The first-order valence-electron chi connectivity index (χ1n) is 4.18. The van der Waals surface area contributed by atoms with Crippen LogP contribution in [0.1, 0.15) is 12.5 Å². The maximum Gasteiger partial charge on any atom is 0.123 e. The van der Waals surface area contributed by atoms with E-state index in [0.717, 1.165) is 12.0 Å². The Hall–Kier alpha value is -0.160. The van der Waals surface area contributed by atoms with Gasteiger partial charge in [0, 0.05) is 0 Å². The van der Waals surface area contributed by atoms with Crippen molar-refractivity contribution in [1.82, 2.24) is 0 Å². The average Bonchev–Trinajstić information content (AvgIpc) is 2.08. The molecule has 0 aliphatic rings. The maximum atomic E-state index is 12.5. The summed E-state index contributed by atoms with van der Waals surface area (Å²) in [5, 5.41) is 0. The average molecular weight is 294 g/mol. The van der Waals surface area contributed by atoms with E-state index < -0.39 is 0 Å². The number of hydrogen-bond donors (Lipinski definition) is 0. The van der Waals surface area contributed by atoms with E-state index in [0.29, 0.717) is 6.61 Å². The minimum atomic E-state index is -0.188. The second kappa shape index (κ2) is 5.54. The lowest BCUT2D eigenvalue weighted by Crippen LogP contribution is -2.03. The standard InChI is InChI=1S/C10H12FIO/c1-8(12)13-7-6-9-2-4-10(11)5-3-9/h2-5,8H,6-7H2,1H3. The van der Waals surface area contributed by atoms with E-state index in [4.69, 9.17) is 4.74 Å². The second-order valence-electron chi connectivity index (χ2n) is 2.79. The first kappa shape index (κ1) is 10.9. The molecule has 0 amide bonds. The molecule has 3 heteroatoms. The number of ether oxygens (including phenoxy) is 1. The smallest absolute Gasteiger partial charge is 0.123 e. The van der Waals surface area contributed by atoms with Crippen LogP contribution in [0.5, 0.6) is 0 Å². The molecule has 0 aliphatic heterocycles. The molecular weight excluding hydrogens is 282 g/mol. The Labute approximate surface area is 91.4 Å². The Bertz CT molecular complexity index is 246. The van der Waals surface area contributed by atoms with Crippen molar-refractivity contribution >= 4 is 22.6 Å². The van der Waals surface area contributed by atoms with Crippen LogP contribution >= 0.6 is 22.6 Å². The molecule has 0 spiro atoms. The van der Waals surface area contributed by atoms with Crippen molar-refractivity contribution in [3.8, 4) is 0 Å². The minimum absolute atomic E-state index is 0.188. The summed E-state index contributed by atoms with van der Waals surface area (Å²) >= 11 is 2.21. The number of alkyl halides is 1. The Morgan fingerprint density at radius 1 is 1.38 bits per heavy atom. The number of hydrogen-bond acceptors (Lipinski definition) is 1. The van der Waals surface area contributed by atoms with E-state index in [-0.39, 0.29) is 9.93 Å². The SMILES string of the molecule is CC(I)OCCc1ccc(F)cc1. The molecule has 1 nitrogen and oxygen atoms in total. The van der Waals surface area contributed by atoms with Gasteiger partial charge in [0.15, 0.2) is 0 Å². The molecule has 0 aliphatic carbocycles. The highest BCUT2D eigenvalue weighted by Gasteiger charge is 1.96. The van der Waals surface area contributed by atoms with Crippen molar-refractivity contribution in [2.24, 2.45) is 0 Å². The summed E-state index contributed by atoms with van der Waals surface area (Å²) in [5.74, 6) is -0.188. The third-order valence-electron chi connectivity index (χ3n) is 1.65. The zero-order valence-corrected chi connectivity index (χ0v) is 9.62. The molecule has 13 heavy (non-hydrogen) atoms. The van der Waals surface area contributed by atoms with Crippen molar-refractivity contribution in [1.29, 1.82) is 0 Å². The minimum Gasteiger partial charge on any atom is -0.368 e. The third-order valence-corrected chi connectivity index (χ3v) is 2.01. The molecule has 0 bridgehead atoms. The van der Waals surface area contributed by atoms with Crippen molar-refractivity contribution in [2.75, 3.05) is 6.61 Å². The molecule has 0 fully saturated rings. The molecule has 72 valence electrons. The van der Waals surface area contributed by atoms with Gasteiger partial charge in [-0.05, 0) is 31.0 Å². The normalized spacial score (nSPS) is 12.8. The Balaban J connectivity index is 2.33. The molecule has 0 radical (unpaired) electrons. The molecule has 0 N–H and O–H groups in total.